The molecular weight excluding hydrogens is 338 g/mol. The van der Waals surface area contributed by atoms with E-state index in [0.717, 1.165) is 0 Å². The first-order valence-electron chi connectivity index (χ1n) is 5.78. The smallest absolute Gasteiger partial charge is 0.242 e. The zero-order valence-electron chi connectivity index (χ0n) is 10.6. The summed E-state index contributed by atoms with van der Waals surface area (Å²) in [6, 6.07) is 8.06. The number of nitrogen functional groups attached to an aromatic ring is 1. The van der Waals surface area contributed by atoms with Gasteiger partial charge in [0, 0.05) is 11.6 Å². The van der Waals surface area contributed by atoms with Crippen LogP contribution in [0.3, 0.4) is 0 Å². The van der Waals surface area contributed by atoms with Gasteiger partial charge in [0.1, 0.15) is 10.7 Å². The van der Waals surface area contributed by atoms with Crippen molar-refractivity contribution in [1.82, 2.24) is 4.72 Å². The van der Waals surface area contributed by atoms with E-state index in [1.54, 1.807) is 0 Å². The van der Waals surface area contributed by atoms with E-state index in [1.807, 2.05) is 0 Å². The molecule has 0 atom stereocenters. The van der Waals surface area contributed by atoms with Gasteiger partial charge in [-0.1, -0.05) is 29.3 Å². The first-order valence-corrected chi connectivity index (χ1v) is 8.02. The molecule has 0 aliphatic heterocycles. The molecule has 0 aromatic heterocycles. The summed E-state index contributed by atoms with van der Waals surface area (Å²) in [4.78, 5) is -0.0693. The van der Waals surface area contributed by atoms with Crippen LogP contribution in [0.4, 0.5) is 10.1 Å². The summed E-state index contributed by atoms with van der Waals surface area (Å²) in [6.45, 7) is -0.0373. The molecule has 0 saturated heterocycles. The van der Waals surface area contributed by atoms with E-state index in [-0.39, 0.29) is 22.2 Å². The third kappa shape index (κ3) is 3.85. The second-order valence-corrected chi connectivity index (χ2v) is 6.83. The number of hydrogen-bond acceptors (Lipinski definition) is 3. The number of rotatable bonds is 4. The Kier molecular flexibility index (Phi) is 4.73. The summed E-state index contributed by atoms with van der Waals surface area (Å²) in [7, 11) is -3.80. The van der Waals surface area contributed by atoms with Gasteiger partial charge in [-0.25, -0.2) is 17.5 Å². The lowest BCUT2D eigenvalue weighted by atomic mass is 10.2. The average Bonchev–Trinajstić information content (AvgIpc) is 2.40. The Morgan fingerprint density at radius 1 is 1.14 bits per heavy atom. The Bertz CT molecular complexity index is 782. The minimum absolute atomic E-state index is 0.0373. The molecule has 0 fully saturated rings. The van der Waals surface area contributed by atoms with Crippen molar-refractivity contribution in [3.8, 4) is 0 Å². The second-order valence-electron chi connectivity index (χ2n) is 4.26. The normalized spacial score (nSPS) is 11.6. The molecule has 2 aromatic carbocycles. The minimum atomic E-state index is -3.80. The van der Waals surface area contributed by atoms with Crippen molar-refractivity contribution in [2.75, 3.05) is 5.73 Å². The van der Waals surface area contributed by atoms with E-state index < -0.39 is 15.8 Å². The van der Waals surface area contributed by atoms with E-state index in [9.17, 15) is 12.8 Å². The highest BCUT2D eigenvalue weighted by molar-refractivity contribution is 7.89. The van der Waals surface area contributed by atoms with Crippen LogP contribution in [0.25, 0.3) is 0 Å². The molecule has 0 unspecified atom stereocenters. The fraction of sp³-hybridized carbons (Fsp3) is 0.0769. The van der Waals surface area contributed by atoms with Crippen LogP contribution in [0.5, 0.6) is 0 Å². The highest BCUT2D eigenvalue weighted by Crippen LogP contribution is 2.23. The predicted molar refractivity (Wildman–Crippen MR) is 81.3 cm³/mol. The van der Waals surface area contributed by atoms with Crippen LogP contribution < -0.4 is 10.5 Å². The van der Waals surface area contributed by atoms with Gasteiger partial charge in [-0.3, -0.25) is 0 Å². The number of hydrogen-bond donors (Lipinski definition) is 2. The largest absolute Gasteiger partial charge is 0.398 e. The van der Waals surface area contributed by atoms with Crippen molar-refractivity contribution in [2.24, 2.45) is 0 Å². The van der Waals surface area contributed by atoms with E-state index in [1.165, 1.54) is 36.4 Å². The summed E-state index contributed by atoms with van der Waals surface area (Å²) >= 11 is 11.4. The van der Waals surface area contributed by atoms with Gasteiger partial charge in [-0.15, -0.1) is 0 Å². The number of sulfonamides is 1. The van der Waals surface area contributed by atoms with Gasteiger partial charge in [-0.2, -0.15) is 0 Å². The van der Waals surface area contributed by atoms with E-state index >= 15 is 0 Å². The van der Waals surface area contributed by atoms with Crippen LogP contribution in [-0.2, 0) is 16.6 Å². The first-order chi connectivity index (χ1) is 9.79. The third-order valence-corrected chi connectivity index (χ3v) is 4.71. The van der Waals surface area contributed by atoms with Crippen molar-refractivity contribution in [3.05, 3.63) is 57.8 Å². The molecule has 2 rings (SSSR count). The number of nitrogens with two attached hydrogens (primary N) is 1. The van der Waals surface area contributed by atoms with Gasteiger partial charge in [0.25, 0.3) is 0 Å². The molecule has 0 saturated carbocycles. The molecule has 0 heterocycles. The predicted octanol–water partition coefficient (Wildman–Crippen LogP) is 3.19. The van der Waals surface area contributed by atoms with Gasteiger partial charge in [0.05, 0.1) is 10.7 Å². The van der Waals surface area contributed by atoms with Crippen molar-refractivity contribution in [1.29, 1.82) is 0 Å². The zero-order valence-corrected chi connectivity index (χ0v) is 12.9. The lowest BCUT2D eigenvalue weighted by Crippen LogP contribution is -2.24. The SMILES string of the molecule is Nc1cc(Cl)ccc1S(=O)(=O)NCc1ccc(F)c(Cl)c1. The lowest BCUT2D eigenvalue weighted by molar-refractivity contribution is 0.581. The molecular formula is C13H11Cl2FN2O2S. The Morgan fingerprint density at radius 3 is 2.48 bits per heavy atom. The molecule has 21 heavy (non-hydrogen) atoms. The number of benzene rings is 2. The molecule has 0 amide bonds. The molecule has 0 spiro atoms. The molecule has 4 nitrogen and oxygen atoms in total. The van der Waals surface area contributed by atoms with Crippen LogP contribution in [0.15, 0.2) is 41.3 Å². The summed E-state index contributed by atoms with van der Waals surface area (Å²) in [5, 5.41) is 0.273. The van der Waals surface area contributed by atoms with Crippen molar-refractivity contribution < 1.29 is 12.8 Å². The average molecular weight is 349 g/mol. The lowest BCUT2D eigenvalue weighted by Gasteiger charge is -2.09. The van der Waals surface area contributed by atoms with Crippen molar-refractivity contribution in [2.45, 2.75) is 11.4 Å². The van der Waals surface area contributed by atoms with Gasteiger partial charge in [0.2, 0.25) is 10.0 Å². The standard InChI is InChI=1S/C13H11Cl2FN2O2S/c14-9-2-4-13(12(17)6-9)21(19,20)18-7-8-1-3-11(16)10(15)5-8/h1-6,18H,7,17H2. The maximum atomic E-state index is 13.0. The van der Waals surface area contributed by atoms with Gasteiger partial charge in [-0.05, 0) is 35.9 Å². The molecule has 112 valence electrons. The van der Waals surface area contributed by atoms with Gasteiger partial charge < -0.3 is 5.73 Å². The van der Waals surface area contributed by atoms with E-state index in [2.05, 4.69) is 4.72 Å². The fourth-order valence-electron chi connectivity index (χ4n) is 1.67. The van der Waals surface area contributed by atoms with Crippen LogP contribution in [0, 0.1) is 5.82 Å². The number of nitrogens with one attached hydrogen (secondary N) is 1. The van der Waals surface area contributed by atoms with Crippen molar-refractivity contribution in [3.63, 3.8) is 0 Å². The monoisotopic (exact) mass is 348 g/mol. The maximum absolute atomic E-state index is 13.0. The van der Waals surface area contributed by atoms with Crippen LogP contribution in [0.1, 0.15) is 5.56 Å². The van der Waals surface area contributed by atoms with Crippen LogP contribution in [0.2, 0.25) is 10.0 Å². The third-order valence-electron chi connectivity index (χ3n) is 2.71. The molecule has 2 aromatic rings. The molecule has 3 N–H and O–H groups in total. The fourth-order valence-corrected chi connectivity index (χ4v) is 3.18. The number of halogens is 3. The highest BCUT2D eigenvalue weighted by Gasteiger charge is 2.17. The Balaban J connectivity index is 2.19. The molecule has 0 radical (unpaired) electrons. The molecule has 0 aliphatic rings. The molecule has 0 aliphatic carbocycles. The van der Waals surface area contributed by atoms with Crippen LogP contribution >= 0.6 is 23.2 Å². The number of anilines is 1. The molecule has 0 bridgehead atoms. The topological polar surface area (TPSA) is 72.2 Å². The zero-order chi connectivity index (χ0) is 15.6. The quantitative estimate of drug-likeness (QED) is 0.833. The van der Waals surface area contributed by atoms with Gasteiger partial charge >= 0.3 is 0 Å². The second kappa shape index (κ2) is 6.19. The Hall–Kier alpha value is -1.34. The first kappa shape index (κ1) is 16.0. The Labute approximate surface area is 131 Å². The van der Waals surface area contributed by atoms with Crippen molar-refractivity contribution >= 4 is 38.9 Å². The summed E-state index contributed by atoms with van der Waals surface area (Å²) in [5.41, 5.74) is 6.22. The Morgan fingerprint density at radius 2 is 1.86 bits per heavy atom. The molecule has 8 heteroatoms. The maximum Gasteiger partial charge on any atom is 0.242 e. The minimum Gasteiger partial charge on any atom is -0.398 e. The van der Waals surface area contributed by atoms with E-state index in [4.69, 9.17) is 28.9 Å². The van der Waals surface area contributed by atoms with E-state index in [0.29, 0.717) is 10.6 Å². The van der Waals surface area contributed by atoms with Crippen LogP contribution in [-0.4, -0.2) is 8.42 Å². The summed E-state index contributed by atoms with van der Waals surface area (Å²) in [5.74, 6) is -0.565. The van der Waals surface area contributed by atoms with Gasteiger partial charge in [0.15, 0.2) is 0 Å². The summed E-state index contributed by atoms with van der Waals surface area (Å²) < 4.78 is 39.7. The summed E-state index contributed by atoms with van der Waals surface area (Å²) in [6.07, 6.45) is 0. The highest BCUT2D eigenvalue weighted by atomic mass is 35.5.